The molecule has 3 rings (SSSR count). The minimum atomic E-state index is -0.346. The van der Waals surface area contributed by atoms with Gasteiger partial charge in [-0.3, -0.25) is 4.79 Å². The molecule has 0 spiro atoms. The van der Waals surface area contributed by atoms with Gasteiger partial charge in [0, 0.05) is 38.3 Å². The molecule has 0 bridgehead atoms. The largest absolute Gasteiger partial charge is 0.337 e. The third-order valence-electron chi connectivity index (χ3n) is 4.67. The SMILES string of the molecule is CN(CCNC(=O)NC1CC(=O)N(c2ccc(F)cc2)C1)Cc1ccccc1. The van der Waals surface area contributed by atoms with Crippen molar-refractivity contribution in [3.63, 3.8) is 0 Å². The van der Waals surface area contributed by atoms with Crippen molar-refractivity contribution in [1.82, 2.24) is 15.5 Å². The summed E-state index contributed by atoms with van der Waals surface area (Å²) in [6.07, 6.45) is 0.235. The molecule has 1 atom stereocenters. The summed E-state index contributed by atoms with van der Waals surface area (Å²) in [5, 5.41) is 5.67. The van der Waals surface area contributed by atoms with Crippen molar-refractivity contribution in [2.75, 3.05) is 31.6 Å². The average Bonchev–Trinajstić information content (AvgIpc) is 3.03. The molecule has 7 heteroatoms. The number of hydrogen-bond acceptors (Lipinski definition) is 3. The number of carbonyl (C=O) groups excluding carboxylic acids is 2. The molecule has 1 heterocycles. The first kappa shape index (κ1) is 19.8. The number of likely N-dealkylation sites (N-methyl/N-ethyl adjacent to an activating group) is 1. The topological polar surface area (TPSA) is 64.7 Å². The summed E-state index contributed by atoms with van der Waals surface area (Å²) < 4.78 is 13.0. The number of urea groups is 1. The third-order valence-corrected chi connectivity index (χ3v) is 4.67. The van der Waals surface area contributed by atoms with E-state index in [0.29, 0.717) is 25.3 Å². The van der Waals surface area contributed by atoms with E-state index in [1.165, 1.54) is 17.7 Å². The predicted octanol–water partition coefficient (Wildman–Crippen LogP) is 2.36. The van der Waals surface area contributed by atoms with Gasteiger partial charge in [0.1, 0.15) is 5.82 Å². The van der Waals surface area contributed by atoms with E-state index < -0.39 is 0 Å². The lowest BCUT2D eigenvalue weighted by Gasteiger charge is -2.19. The predicted molar refractivity (Wildman–Crippen MR) is 106 cm³/mol. The molecule has 1 aliphatic heterocycles. The number of nitrogens with one attached hydrogen (secondary N) is 2. The molecule has 1 fully saturated rings. The molecule has 1 unspecified atom stereocenters. The first-order valence-electron chi connectivity index (χ1n) is 9.34. The van der Waals surface area contributed by atoms with Crippen LogP contribution in [0.2, 0.25) is 0 Å². The summed E-state index contributed by atoms with van der Waals surface area (Å²) >= 11 is 0. The van der Waals surface area contributed by atoms with E-state index in [2.05, 4.69) is 27.7 Å². The van der Waals surface area contributed by atoms with Gasteiger partial charge in [0.05, 0.1) is 6.04 Å². The monoisotopic (exact) mass is 384 g/mol. The maximum Gasteiger partial charge on any atom is 0.315 e. The molecule has 0 aromatic heterocycles. The molecule has 0 radical (unpaired) electrons. The lowest BCUT2D eigenvalue weighted by molar-refractivity contribution is -0.117. The highest BCUT2D eigenvalue weighted by molar-refractivity contribution is 5.96. The fraction of sp³-hybridized carbons (Fsp3) is 0.333. The van der Waals surface area contributed by atoms with E-state index in [1.807, 2.05) is 25.2 Å². The minimum Gasteiger partial charge on any atom is -0.337 e. The summed E-state index contributed by atoms with van der Waals surface area (Å²) in [5.74, 6) is -0.429. The quantitative estimate of drug-likeness (QED) is 0.770. The van der Waals surface area contributed by atoms with Crippen LogP contribution in [0.15, 0.2) is 54.6 Å². The van der Waals surface area contributed by atoms with Gasteiger partial charge in [-0.15, -0.1) is 0 Å². The van der Waals surface area contributed by atoms with Gasteiger partial charge in [-0.25, -0.2) is 9.18 Å². The Balaban J connectivity index is 1.39. The molecule has 0 aliphatic carbocycles. The fourth-order valence-corrected chi connectivity index (χ4v) is 3.25. The second-order valence-corrected chi connectivity index (χ2v) is 7.01. The van der Waals surface area contributed by atoms with Crippen LogP contribution in [-0.2, 0) is 11.3 Å². The Bertz CT molecular complexity index is 798. The number of halogens is 1. The van der Waals surface area contributed by atoms with E-state index in [0.717, 1.165) is 6.54 Å². The molecule has 2 aromatic carbocycles. The maximum absolute atomic E-state index is 13.0. The van der Waals surface area contributed by atoms with E-state index in [-0.39, 0.29) is 30.2 Å². The Morgan fingerprint density at radius 3 is 2.61 bits per heavy atom. The van der Waals surface area contributed by atoms with Crippen LogP contribution in [0.25, 0.3) is 0 Å². The molecule has 0 saturated carbocycles. The third kappa shape index (κ3) is 5.53. The maximum atomic E-state index is 13.0. The fourth-order valence-electron chi connectivity index (χ4n) is 3.25. The van der Waals surface area contributed by atoms with E-state index in [1.54, 1.807) is 17.0 Å². The van der Waals surface area contributed by atoms with E-state index in [4.69, 9.17) is 0 Å². The van der Waals surface area contributed by atoms with Gasteiger partial charge in [-0.1, -0.05) is 30.3 Å². The Morgan fingerprint density at radius 2 is 1.89 bits per heavy atom. The molecule has 3 amide bonds. The van der Waals surface area contributed by atoms with Crippen LogP contribution in [0.4, 0.5) is 14.9 Å². The molecular weight excluding hydrogens is 359 g/mol. The van der Waals surface area contributed by atoms with Crippen molar-refractivity contribution in [3.8, 4) is 0 Å². The van der Waals surface area contributed by atoms with Crippen LogP contribution in [0.3, 0.4) is 0 Å². The first-order valence-corrected chi connectivity index (χ1v) is 9.34. The lowest BCUT2D eigenvalue weighted by Crippen LogP contribution is -2.45. The molecule has 28 heavy (non-hydrogen) atoms. The second kappa shape index (κ2) is 9.32. The van der Waals surface area contributed by atoms with Crippen LogP contribution < -0.4 is 15.5 Å². The van der Waals surface area contributed by atoms with Crippen LogP contribution in [0.5, 0.6) is 0 Å². The van der Waals surface area contributed by atoms with Crippen LogP contribution in [0, 0.1) is 5.82 Å². The van der Waals surface area contributed by atoms with Gasteiger partial charge >= 0.3 is 6.03 Å². The Morgan fingerprint density at radius 1 is 1.18 bits per heavy atom. The zero-order valence-corrected chi connectivity index (χ0v) is 15.9. The Kier molecular flexibility index (Phi) is 6.60. The van der Waals surface area contributed by atoms with Crippen molar-refractivity contribution in [3.05, 3.63) is 66.0 Å². The number of anilines is 1. The van der Waals surface area contributed by atoms with Gasteiger partial charge < -0.3 is 20.4 Å². The first-order chi connectivity index (χ1) is 13.5. The number of benzene rings is 2. The van der Waals surface area contributed by atoms with Crippen molar-refractivity contribution in [2.45, 2.75) is 19.0 Å². The molecule has 1 aliphatic rings. The summed E-state index contributed by atoms with van der Waals surface area (Å²) in [6.45, 7) is 2.42. The molecular formula is C21H25FN4O2. The number of amides is 3. The number of nitrogens with zero attached hydrogens (tertiary/aromatic N) is 2. The highest BCUT2D eigenvalue weighted by Crippen LogP contribution is 2.21. The molecule has 2 aromatic rings. The van der Waals surface area contributed by atoms with Gasteiger partial charge in [-0.2, -0.15) is 0 Å². The molecule has 2 N–H and O–H groups in total. The zero-order chi connectivity index (χ0) is 19.9. The van der Waals surface area contributed by atoms with Gasteiger partial charge in [0.2, 0.25) is 5.91 Å². The number of carbonyl (C=O) groups is 2. The van der Waals surface area contributed by atoms with Crippen molar-refractivity contribution in [1.29, 1.82) is 0 Å². The van der Waals surface area contributed by atoms with Crippen molar-refractivity contribution >= 4 is 17.6 Å². The number of hydrogen-bond donors (Lipinski definition) is 2. The standard InChI is InChI=1S/C21H25FN4O2/c1-25(14-16-5-3-2-4-6-16)12-11-23-21(28)24-18-13-20(27)26(15-18)19-9-7-17(22)8-10-19/h2-10,18H,11-15H2,1H3,(H2,23,24,28). The molecule has 6 nitrogen and oxygen atoms in total. The summed E-state index contributed by atoms with van der Waals surface area (Å²) in [4.78, 5) is 28.0. The zero-order valence-electron chi connectivity index (χ0n) is 15.9. The minimum absolute atomic E-state index is 0.0838. The van der Waals surface area contributed by atoms with Gasteiger partial charge in [0.15, 0.2) is 0 Å². The van der Waals surface area contributed by atoms with Crippen molar-refractivity contribution < 1.29 is 14.0 Å². The van der Waals surface area contributed by atoms with E-state index >= 15 is 0 Å². The van der Waals surface area contributed by atoms with E-state index in [9.17, 15) is 14.0 Å². The average molecular weight is 384 g/mol. The van der Waals surface area contributed by atoms with Crippen LogP contribution in [-0.4, -0.2) is 49.6 Å². The molecule has 148 valence electrons. The summed E-state index contributed by atoms with van der Waals surface area (Å²) in [5.41, 5.74) is 1.86. The van der Waals surface area contributed by atoms with Crippen molar-refractivity contribution in [2.24, 2.45) is 0 Å². The Hall–Kier alpha value is -2.93. The van der Waals surface area contributed by atoms with Crippen LogP contribution in [0.1, 0.15) is 12.0 Å². The summed E-state index contributed by atoms with van der Waals surface area (Å²) in [6, 6.07) is 15.4. The summed E-state index contributed by atoms with van der Waals surface area (Å²) in [7, 11) is 2.00. The highest BCUT2D eigenvalue weighted by atomic mass is 19.1. The second-order valence-electron chi connectivity index (χ2n) is 7.01. The smallest absolute Gasteiger partial charge is 0.315 e. The molecule has 1 saturated heterocycles. The van der Waals surface area contributed by atoms with Gasteiger partial charge in [-0.05, 0) is 36.9 Å². The number of rotatable bonds is 7. The normalized spacial score (nSPS) is 16.5. The van der Waals surface area contributed by atoms with Gasteiger partial charge in [0.25, 0.3) is 0 Å². The van der Waals surface area contributed by atoms with Crippen LogP contribution >= 0.6 is 0 Å². The lowest BCUT2D eigenvalue weighted by atomic mass is 10.2. The highest BCUT2D eigenvalue weighted by Gasteiger charge is 2.31. The Labute approximate surface area is 164 Å².